The number of nitrogens with one attached hydrogen (secondary N) is 1. The summed E-state index contributed by atoms with van der Waals surface area (Å²) in [5.74, 6) is -0.323. The molecule has 5 heteroatoms. The molecule has 0 aliphatic rings. The number of hydrogen-bond donors (Lipinski definition) is 1. The predicted octanol–water partition coefficient (Wildman–Crippen LogP) is 1.75. The fraction of sp³-hybridized carbons (Fsp3) is 0.0625. The maximum atomic E-state index is 12.6. The molecule has 0 spiro atoms. The molecule has 0 bridgehead atoms. The molecule has 3 aromatic rings. The number of benzene rings is 2. The van der Waals surface area contributed by atoms with Crippen LogP contribution >= 0.6 is 0 Å². The van der Waals surface area contributed by atoms with Gasteiger partial charge in [0, 0.05) is 12.4 Å². The van der Waals surface area contributed by atoms with Crippen LogP contribution in [0.2, 0.25) is 0 Å². The van der Waals surface area contributed by atoms with Crippen molar-refractivity contribution in [2.75, 3.05) is 7.05 Å². The number of nitrogens with zero attached hydrogens (tertiary/aromatic N) is 2. The molecule has 0 fully saturated rings. The van der Waals surface area contributed by atoms with Crippen LogP contribution in [0.4, 0.5) is 0 Å². The van der Waals surface area contributed by atoms with E-state index in [0.29, 0.717) is 16.5 Å². The van der Waals surface area contributed by atoms with Gasteiger partial charge in [0.25, 0.3) is 11.5 Å². The average molecular weight is 279 g/mol. The minimum absolute atomic E-state index is 0.233. The summed E-state index contributed by atoms with van der Waals surface area (Å²) < 4.78 is 1.26. The molecular weight excluding hydrogens is 266 g/mol. The third kappa shape index (κ3) is 2.18. The summed E-state index contributed by atoms with van der Waals surface area (Å²) in [6.07, 6.45) is 0. The van der Waals surface area contributed by atoms with Crippen molar-refractivity contribution in [2.45, 2.75) is 0 Å². The van der Waals surface area contributed by atoms with E-state index in [0.717, 1.165) is 0 Å². The summed E-state index contributed by atoms with van der Waals surface area (Å²) in [6, 6.07) is 16.0. The van der Waals surface area contributed by atoms with Gasteiger partial charge in [0.1, 0.15) is 0 Å². The van der Waals surface area contributed by atoms with Crippen LogP contribution in [0.3, 0.4) is 0 Å². The molecule has 5 nitrogen and oxygen atoms in total. The van der Waals surface area contributed by atoms with E-state index in [2.05, 4.69) is 10.4 Å². The van der Waals surface area contributed by atoms with E-state index in [4.69, 9.17) is 0 Å². The molecule has 0 radical (unpaired) electrons. The van der Waals surface area contributed by atoms with Gasteiger partial charge in [0.05, 0.1) is 11.1 Å². The highest BCUT2D eigenvalue weighted by Crippen LogP contribution is 2.14. The second-order valence-electron chi connectivity index (χ2n) is 4.53. The molecule has 0 aliphatic heterocycles. The second-order valence-corrected chi connectivity index (χ2v) is 4.53. The maximum absolute atomic E-state index is 12.6. The standard InChI is InChI=1S/C16H13N3O2/c1-17-15(20)14-12-9-5-6-10-13(12)16(21)19(18-14)11-7-3-2-4-8-11/h2-10H,1H3,(H,17,20). The average Bonchev–Trinajstić information content (AvgIpc) is 2.55. The Balaban J connectivity index is 2.40. The molecule has 0 aliphatic carbocycles. The van der Waals surface area contributed by atoms with Crippen LogP contribution in [-0.4, -0.2) is 22.7 Å². The summed E-state index contributed by atoms with van der Waals surface area (Å²) >= 11 is 0. The first-order chi connectivity index (χ1) is 10.2. The first-order valence-electron chi connectivity index (χ1n) is 6.52. The van der Waals surface area contributed by atoms with E-state index < -0.39 is 0 Å². The van der Waals surface area contributed by atoms with Gasteiger partial charge < -0.3 is 5.32 Å². The summed E-state index contributed by atoms with van der Waals surface area (Å²) in [6.45, 7) is 0. The molecular formula is C16H13N3O2. The van der Waals surface area contributed by atoms with Gasteiger partial charge in [-0.25, -0.2) is 0 Å². The van der Waals surface area contributed by atoms with Crippen LogP contribution in [0.25, 0.3) is 16.5 Å². The molecule has 3 rings (SSSR count). The van der Waals surface area contributed by atoms with Gasteiger partial charge in [-0.3, -0.25) is 9.59 Å². The molecule has 21 heavy (non-hydrogen) atoms. The number of aromatic nitrogens is 2. The quantitative estimate of drug-likeness (QED) is 0.777. The van der Waals surface area contributed by atoms with Gasteiger partial charge in [-0.2, -0.15) is 9.78 Å². The summed E-state index contributed by atoms with van der Waals surface area (Å²) in [7, 11) is 1.54. The molecule has 1 heterocycles. The van der Waals surface area contributed by atoms with Crippen LogP contribution < -0.4 is 10.9 Å². The second kappa shape index (κ2) is 5.20. The van der Waals surface area contributed by atoms with Gasteiger partial charge in [-0.1, -0.05) is 36.4 Å². The highest BCUT2D eigenvalue weighted by Gasteiger charge is 2.15. The molecule has 104 valence electrons. The third-order valence-corrected chi connectivity index (χ3v) is 3.25. The largest absolute Gasteiger partial charge is 0.354 e. The Morgan fingerprint density at radius 2 is 1.62 bits per heavy atom. The molecule has 0 atom stereocenters. The normalized spacial score (nSPS) is 10.5. The van der Waals surface area contributed by atoms with E-state index in [1.807, 2.05) is 18.2 Å². The van der Waals surface area contributed by atoms with E-state index in [1.54, 1.807) is 36.4 Å². The highest BCUT2D eigenvalue weighted by molar-refractivity contribution is 6.04. The first-order valence-corrected chi connectivity index (χ1v) is 6.52. The van der Waals surface area contributed by atoms with Crippen LogP contribution in [0.15, 0.2) is 59.4 Å². The van der Waals surface area contributed by atoms with Crippen molar-refractivity contribution in [3.8, 4) is 5.69 Å². The SMILES string of the molecule is CNC(=O)c1nn(-c2ccccc2)c(=O)c2ccccc12. The Bertz CT molecular complexity index is 870. The summed E-state index contributed by atoms with van der Waals surface area (Å²) in [5.41, 5.74) is 0.611. The Hall–Kier alpha value is -2.95. The van der Waals surface area contributed by atoms with E-state index in [-0.39, 0.29) is 17.2 Å². The maximum Gasteiger partial charge on any atom is 0.279 e. The van der Waals surface area contributed by atoms with Crippen LogP contribution in [0.1, 0.15) is 10.5 Å². The van der Waals surface area contributed by atoms with Crippen LogP contribution in [0, 0.1) is 0 Å². The predicted molar refractivity (Wildman–Crippen MR) is 80.7 cm³/mol. The van der Waals surface area contributed by atoms with Crippen molar-refractivity contribution in [3.63, 3.8) is 0 Å². The number of amides is 1. The van der Waals surface area contributed by atoms with Crippen LogP contribution in [0.5, 0.6) is 0 Å². The van der Waals surface area contributed by atoms with Gasteiger partial charge in [0.15, 0.2) is 5.69 Å². The molecule has 1 N–H and O–H groups in total. The number of rotatable bonds is 2. The molecule has 0 unspecified atom stereocenters. The fourth-order valence-corrected chi connectivity index (χ4v) is 2.22. The Morgan fingerprint density at radius 1 is 1.00 bits per heavy atom. The zero-order valence-electron chi connectivity index (χ0n) is 11.4. The zero-order chi connectivity index (χ0) is 14.8. The zero-order valence-corrected chi connectivity index (χ0v) is 11.4. The number of para-hydroxylation sites is 1. The molecule has 2 aromatic carbocycles. The molecule has 0 saturated heterocycles. The number of hydrogen-bond acceptors (Lipinski definition) is 3. The van der Waals surface area contributed by atoms with Crippen molar-refractivity contribution in [1.82, 2.24) is 15.1 Å². The topological polar surface area (TPSA) is 64.0 Å². The number of fused-ring (bicyclic) bond motifs is 1. The van der Waals surface area contributed by atoms with Crippen molar-refractivity contribution >= 4 is 16.7 Å². The highest BCUT2D eigenvalue weighted by atomic mass is 16.2. The first kappa shape index (κ1) is 13.1. The van der Waals surface area contributed by atoms with Gasteiger partial charge in [-0.15, -0.1) is 0 Å². The minimum atomic E-state index is -0.323. The molecule has 0 saturated carbocycles. The lowest BCUT2D eigenvalue weighted by Gasteiger charge is -2.10. The van der Waals surface area contributed by atoms with Gasteiger partial charge in [0.2, 0.25) is 0 Å². The van der Waals surface area contributed by atoms with Crippen LogP contribution in [-0.2, 0) is 0 Å². The summed E-state index contributed by atoms with van der Waals surface area (Å²) in [4.78, 5) is 24.6. The fourth-order valence-electron chi connectivity index (χ4n) is 2.22. The van der Waals surface area contributed by atoms with Crippen molar-refractivity contribution in [2.24, 2.45) is 0 Å². The minimum Gasteiger partial charge on any atom is -0.354 e. The Labute approximate surface area is 120 Å². The summed E-state index contributed by atoms with van der Waals surface area (Å²) in [5, 5.41) is 7.81. The third-order valence-electron chi connectivity index (χ3n) is 3.25. The van der Waals surface area contributed by atoms with Crippen molar-refractivity contribution in [1.29, 1.82) is 0 Å². The molecule has 1 amide bonds. The van der Waals surface area contributed by atoms with E-state index in [1.165, 1.54) is 11.7 Å². The lowest BCUT2D eigenvalue weighted by molar-refractivity contribution is 0.0958. The smallest absolute Gasteiger partial charge is 0.279 e. The lowest BCUT2D eigenvalue weighted by atomic mass is 10.1. The van der Waals surface area contributed by atoms with Crippen molar-refractivity contribution < 1.29 is 4.79 Å². The van der Waals surface area contributed by atoms with Crippen molar-refractivity contribution in [3.05, 3.63) is 70.6 Å². The van der Waals surface area contributed by atoms with Gasteiger partial charge in [-0.05, 0) is 18.2 Å². The van der Waals surface area contributed by atoms with E-state index in [9.17, 15) is 9.59 Å². The Kier molecular flexibility index (Phi) is 3.23. The Morgan fingerprint density at radius 3 is 2.29 bits per heavy atom. The number of carbonyl (C=O) groups is 1. The molecule has 1 aromatic heterocycles. The van der Waals surface area contributed by atoms with E-state index >= 15 is 0 Å². The number of carbonyl (C=O) groups excluding carboxylic acids is 1. The lowest BCUT2D eigenvalue weighted by Crippen LogP contribution is -2.28. The monoisotopic (exact) mass is 279 g/mol. The van der Waals surface area contributed by atoms with Gasteiger partial charge >= 0.3 is 0 Å².